The Morgan fingerprint density at radius 1 is 1.53 bits per heavy atom. The number of nitrogens with zero attached hydrogens (tertiary/aromatic N) is 4. The summed E-state index contributed by atoms with van der Waals surface area (Å²) in [5.74, 6) is 0.711. The van der Waals surface area contributed by atoms with Crippen LogP contribution < -0.4 is 5.32 Å². The van der Waals surface area contributed by atoms with Gasteiger partial charge in [-0.05, 0) is 16.8 Å². The third kappa shape index (κ3) is 1.58. The summed E-state index contributed by atoms with van der Waals surface area (Å²) in [5.41, 5.74) is 0.126. The fourth-order valence-electron chi connectivity index (χ4n) is 2.04. The topological polar surface area (TPSA) is 64.9 Å². The van der Waals surface area contributed by atoms with Crippen LogP contribution in [-0.4, -0.2) is 39.5 Å². The molecule has 1 fully saturated rings. The lowest BCUT2D eigenvalue weighted by atomic mass is 9.64. The number of anilines is 1. The van der Waals surface area contributed by atoms with E-state index in [1.807, 2.05) is 7.05 Å². The highest BCUT2D eigenvalue weighted by Gasteiger charge is 2.49. The maximum atomic E-state index is 5.38. The number of hydrogen-bond donors (Lipinski definition) is 1. The first-order valence-electron chi connectivity index (χ1n) is 5.07. The molecule has 6 nitrogen and oxygen atoms in total. The van der Waals surface area contributed by atoms with Crippen LogP contribution in [0, 0.1) is 5.41 Å². The number of aromatic nitrogens is 4. The Balaban J connectivity index is 2.01. The third-order valence-electron chi connectivity index (χ3n) is 3.39. The van der Waals surface area contributed by atoms with Crippen LogP contribution >= 0.6 is 0 Å². The van der Waals surface area contributed by atoms with Crippen molar-refractivity contribution in [2.45, 2.75) is 32.4 Å². The Morgan fingerprint density at radius 3 is 2.73 bits per heavy atom. The molecule has 6 heteroatoms. The minimum Gasteiger partial charge on any atom is -0.381 e. The van der Waals surface area contributed by atoms with E-state index in [4.69, 9.17) is 4.74 Å². The predicted molar refractivity (Wildman–Crippen MR) is 55.4 cm³/mol. The summed E-state index contributed by atoms with van der Waals surface area (Å²) in [6.45, 7) is 4.37. The highest BCUT2D eigenvalue weighted by molar-refractivity contribution is 5.28. The minimum atomic E-state index is 0.126. The van der Waals surface area contributed by atoms with E-state index in [-0.39, 0.29) is 5.41 Å². The first-order valence-corrected chi connectivity index (χ1v) is 5.07. The summed E-state index contributed by atoms with van der Waals surface area (Å²) < 4.78 is 7.02. The fourth-order valence-corrected chi connectivity index (χ4v) is 2.04. The highest BCUT2D eigenvalue weighted by atomic mass is 16.5. The van der Waals surface area contributed by atoms with E-state index in [9.17, 15) is 0 Å². The first kappa shape index (κ1) is 10.4. The molecule has 0 spiro atoms. The minimum absolute atomic E-state index is 0.126. The number of aryl methyl sites for hydroxylation is 1. The lowest BCUT2D eigenvalue weighted by Crippen LogP contribution is -2.58. The molecule has 1 aromatic heterocycles. The van der Waals surface area contributed by atoms with Gasteiger partial charge in [0.05, 0.1) is 6.10 Å². The van der Waals surface area contributed by atoms with Gasteiger partial charge in [-0.2, -0.15) is 0 Å². The van der Waals surface area contributed by atoms with Crippen molar-refractivity contribution >= 4 is 5.95 Å². The quantitative estimate of drug-likeness (QED) is 0.785. The van der Waals surface area contributed by atoms with Crippen molar-refractivity contribution in [2.24, 2.45) is 12.5 Å². The van der Waals surface area contributed by atoms with Gasteiger partial charge >= 0.3 is 0 Å². The maximum absolute atomic E-state index is 5.38. The second-order valence-corrected chi connectivity index (χ2v) is 4.60. The number of methoxy groups -OCH3 is 1. The van der Waals surface area contributed by atoms with Crippen LogP contribution in [0.25, 0.3) is 0 Å². The molecule has 0 aliphatic heterocycles. The highest BCUT2D eigenvalue weighted by Crippen LogP contribution is 2.43. The van der Waals surface area contributed by atoms with Crippen LogP contribution in [-0.2, 0) is 11.8 Å². The van der Waals surface area contributed by atoms with Crippen molar-refractivity contribution in [3.8, 4) is 0 Å². The van der Waals surface area contributed by atoms with Crippen molar-refractivity contribution in [1.29, 1.82) is 0 Å². The zero-order chi connectivity index (χ0) is 11.1. The molecule has 84 valence electrons. The Kier molecular flexibility index (Phi) is 2.38. The normalized spacial score (nSPS) is 28.5. The van der Waals surface area contributed by atoms with E-state index in [2.05, 4.69) is 34.7 Å². The van der Waals surface area contributed by atoms with E-state index in [0.717, 1.165) is 6.42 Å². The molecule has 1 heterocycles. The van der Waals surface area contributed by atoms with E-state index in [0.29, 0.717) is 18.1 Å². The van der Waals surface area contributed by atoms with Gasteiger partial charge in [0.1, 0.15) is 0 Å². The van der Waals surface area contributed by atoms with Gasteiger partial charge in [0, 0.05) is 25.6 Å². The van der Waals surface area contributed by atoms with E-state index in [1.54, 1.807) is 11.8 Å². The van der Waals surface area contributed by atoms with Crippen LogP contribution in [0.15, 0.2) is 0 Å². The maximum Gasteiger partial charge on any atom is 0.242 e. The molecule has 0 aromatic carbocycles. The van der Waals surface area contributed by atoms with Gasteiger partial charge in [0.15, 0.2) is 0 Å². The molecule has 1 saturated carbocycles. The van der Waals surface area contributed by atoms with Gasteiger partial charge < -0.3 is 10.1 Å². The second kappa shape index (κ2) is 3.44. The molecule has 1 aliphatic rings. The molecule has 0 radical (unpaired) electrons. The molecular formula is C9H17N5O. The molecule has 0 bridgehead atoms. The lowest BCUT2D eigenvalue weighted by Gasteiger charge is -2.51. The number of tetrazole rings is 1. The summed E-state index contributed by atoms with van der Waals surface area (Å²) in [5, 5.41) is 14.6. The van der Waals surface area contributed by atoms with Crippen LogP contribution in [0.2, 0.25) is 0 Å². The Morgan fingerprint density at radius 2 is 2.27 bits per heavy atom. The van der Waals surface area contributed by atoms with Crippen LogP contribution in [0.1, 0.15) is 20.3 Å². The standard InChI is InChI=1S/C9H17N5O/c1-9(2)6(5-7(9)15-4)10-8-11-12-13-14(8)3/h6-7H,5H2,1-4H3,(H,10,11,13). The van der Waals surface area contributed by atoms with Crippen LogP contribution in [0.3, 0.4) is 0 Å². The van der Waals surface area contributed by atoms with E-state index < -0.39 is 0 Å². The monoisotopic (exact) mass is 211 g/mol. The first-order chi connectivity index (χ1) is 7.05. The molecule has 2 rings (SSSR count). The Labute approximate surface area is 89.0 Å². The smallest absolute Gasteiger partial charge is 0.242 e. The Hall–Kier alpha value is -1.17. The molecular weight excluding hydrogens is 194 g/mol. The van der Waals surface area contributed by atoms with Crippen LogP contribution in [0.4, 0.5) is 5.95 Å². The zero-order valence-electron chi connectivity index (χ0n) is 9.56. The summed E-state index contributed by atoms with van der Waals surface area (Å²) in [4.78, 5) is 0. The van der Waals surface area contributed by atoms with Crippen LogP contribution in [0.5, 0.6) is 0 Å². The molecule has 0 saturated heterocycles. The Bertz CT molecular complexity index is 348. The van der Waals surface area contributed by atoms with E-state index >= 15 is 0 Å². The number of ether oxygens (including phenoxy) is 1. The van der Waals surface area contributed by atoms with Crippen molar-refractivity contribution in [3.05, 3.63) is 0 Å². The third-order valence-corrected chi connectivity index (χ3v) is 3.39. The summed E-state index contributed by atoms with van der Waals surface area (Å²) in [6.07, 6.45) is 1.31. The number of hydrogen-bond acceptors (Lipinski definition) is 5. The molecule has 2 atom stereocenters. The lowest BCUT2D eigenvalue weighted by molar-refractivity contribution is -0.0797. The number of nitrogens with one attached hydrogen (secondary N) is 1. The summed E-state index contributed by atoms with van der Waals surface area (Å²) >= 11 is 0. The molecule has 0 amide bonds. The predicted octanol–water partition coefficient (Wildman–Crippen LogP) is 0.435. The van der Waals surface area contributed by atoms with Gasteiger partial charge in [-0.1, -0.05) is 18.9 Å². The van der Waals surface area contributed by atoms with Gasteiger partial charge in [0.25, 0.3) is 0 Å². The summed E-state index contributed by atoms with van der Waals surface area (Å²) in [6, 6.07) is 0.368. The largest absolute Gasteiger partial charge is 0.381 e. The molecule has 1 aromatic rings. The van der Waals surface area contributed by atoms with Gasteiger partial charge in [-0.25, -0.2) is 4.68 Å². The average molecular weight is 211 g/mol. The molecule has 1 aliphatic carbocycles. The molecule has 1 N–H and O–H groups in total. The fraction of sp³-hybridized carbons (Fsp3) is 0.889. The number of rotatable bonds is 3. The van der Waals surface area contributed by atoms with Crippen molar-refractivity contribution in [1.82, 2.24) is 20.2 Å². The van der Waals surface area contributed by atoms with Gasteiger partial charge in [-0.3, -0.25) is 0 Å². The van der Waals surface area contributed by atoms with Gasteiger partial charge in [-0.15, -0.1) is 0 Å². The van der Waals surface area contributed by atoms with Crippen molar-refractivity contribution in [2.75, 3.05) is 12.4 Å². The average Bonchev–Trinajstić information content (AvgIpc) is 2.58. The SMILES string of the molecule is COC1CC(Nc2nnnn2C)C1(C)C. The molecule has 15 heavy (non-hydrogen) atoms. The van der Waals surface area contributed by atoms with Crippen molar-refractivity contribution < 1.29 is 4.74 Å². The zero-order valence-corrected chi connectivity index (χ0v) is 9.56. The second-order valence-electron chi connectivity index (χ2n) is 4.60. The van der Waals surface area contributed by atoms with E-state index in [1.165, 1.54) is 0 Å². The van der Waals surface area contributed by atoms with Gasteiger partial charge in [0.2, 0.25) is 5.95 Å². The summed E-state index contributed by atoms with van der Waals surface area (Å²) in [7, 11) is 3.58. The van der Waals surface area contributed by atoms with Crippen molar-refractivity contribution in [3.63, 3.8) is 0 Å². The molecule has 2 unspecified atom stereocenters.